The molecular weight excluding hydrogens is 274 g/mol. The van der Waals surface area contributed by atoms with Crippen LogP contribution in [0.25, 0.3) is 0 Å². The first-order chi connectivity index (χ1) is 7.72. The number of carbonyl (C=O) groups excluding carboxylic acids is 1. The van der Waals surface area contributed by atoms with Crippen molar-refractivity contribution >= 4 is 21.8 Å². The number of benzene rings is 1. The Hall–Kier alpha value is -1.07. The number of carbonyl (C=O) groups is 1. The number of ether oxygens (including phenoxy) is 1. The summed E-state index contributed by atoms with van der Waals surface area (Å²) in [5.41, 5.74) is 2.30. The molecule has 0 aliphatic carbocycles. The molecule has 0 radical (unpaired) electrons. The molecule has 16 heavy (non-hydrogen) atoms. The summed E-state index contributed by atoms with van der Waals surface area (Å²) in [6.07, 6.45) is 0.274. The highest BCUT2D eigenvalue weighted by Crippen LogP contribution is 2.15. The molecule has 1 rings (SSSR count). The summed E-state index contributed by atoms with van der Waals surface area (Å²) in [5, 5.41) is 0. The third kappa shape index (κ3) is 5.14. The van der Waals surface area contributed by atoms with Gasteiger partial charge in [0, 0.05) is 4.47 Å². The molecule has 0 saturated carbocycles. The van der Waals surface area contributed by atoms with E-state index >= 15 is 0 Å². The number of hydroxylamine groups is 1. The predicted molar refractivity (Wildman–Crippen MR) is 64.0 cm³/mol. The molecule has 0 fully saturated rings. The third-order valence-electron chi connectivity index (χ3n) is 1.74. The van der Waals surface area contributed by atoms with E-state index in [0.29, 0.717) is 13.2 Å². The van der Waals surface area contributed by atoms with Gasteiger partial charge in [0.15, 0.2) is 0 Å². The lowest BCUT2D eigenvalue weighted by Crippen LogP contribution is -2.25. The molecule has 5 heteroatoms. The zero-order chi connectivity index (χ0) is 11.8. The van der Waals surface area contributed by atoms with Crippen molar-refractivity contribution in [2.24, 2.45) is 0 Å². The maximum atomic E-state index is 11.1. The molecule has 0 aromatic heterocycles. The van der Waals surface area contributed by atoms with Crippen LogP contribution in [-0.2, 0) is 9.63 Å². The second-order valence-corrected chi connectivity index (χ2v) is 3.93. The summed E-state index contributed by atoms with van der Waals surface area (Å²) in [4.78, 5) is 15.9. The second kappa shape index (κ2) is 7.24. The van der Waals surface area contributed by atoms with Gasteiger partial charge in [-0.25, -0.2) is 5.48 Å². The van der Waals surface area contributed by atoms with Gasteiger partial charge in [0.05, 0.1) is 19.6 Å². The Kier molecular flexibility index (Phi) is 5.88. The smallest absolute Gasteiger partial charge is 0.246 e. The van der Waals surface area contributed by atoms with E-state index in [1.54, 1.807) is 6.92 Å². The number of hydrogen-bond donors (Lipinski definition) is 1. The van der Waals surface area contributed by atoms with E-state index in [0.717, 1.165) is 10.2 Å². The lowest BCUT2D eigenvalue weighted by Gasteiger charge is -2.06. The fourth-order valence-corrected chi connectivity index (χ4v) is 1.26. The van der Waals surface area contributed by atoms with Crippen molar-refractivity contribution in [1.82, 2.24) is 5.48 Å². The van der Waals surface area contributed by atoms with E-state index in [9.17, 15) is 4.79 Å². The highest BCUT2D eigenvalue weighted by molar-refractivity contribution is 9.10. The zero-order valence-corrected chi connectivity index (χ0v) is 10.6. The van der Waals surface area contributed by atoms with E-state index in [2.05, 4.69) is 21.4 Å². The normalized spacial score (nSPS) is 9.88. The molecule has 1 amide bonds. The largest absolute Gasteiger partial charge is 0.493 e. The highest BCUT2D eigenvalue weighted by Gasteiger charge is 2.01. The molecule has 0 atom stereocenters. The van der Waals surface area contributed by atoms with Crippen LogP contribution in [0.1, 0.15) is 13.3 Å². The van der Waals surface area contributed by atoms with Crippen LogP contribution in [0.15, 0.2) is 28.7 Å². The van der Waals surface area contributed by atoms with Crippen molar-refractivity contribution in [2.45, 2.75) is 13.3 Å². The molecule has 0 heterocycles. The van der Waals surface area contributed by atoms with Gasteiger partial charge in [-0.2, -0.15) is 0 Å². The topological polar surface area (TPSA) is 47.6 Å². The van der Waals surface area contributed by atoms with Gasteiger partial charge in [-0.15, -0.1) is 0 Å². The van der Waals surface area contributed by atoms with Crippen LogP contribution in [0.3, 0.4) is 0 Å². The van der Waals surface area contributed by atoms with Gasteiger partial charge in [-0.3, -0.25) is 9.63 Å². The van der Waals surface area contributed by atoms with E-state index in [4.69, 9.17) is 9.57 Å². The van der Waals surface area contributed by atoms with Crippen LogP contribution >= 0.6 is 15.9 Å². The van der Waals surface area contributed by atoms with Crippen molar-refractivity contribution in [1.29, 1.82) is 0 Å². The van der Waals surface area contributed by atoms with E-state index in [1.165, 1.54) is 0 Å². The molecular formula is C11H14BrNO3. The van der Waals surface area contributed by atoms with Crippen molar-refractivity contribution < 1.29 is 14.4 Å². The Morgan fingerprint density at radius 1 is 1.38 bits per heavy atom. The van der Waals surface area contributed by atoms with Crippen LogP contribution in [0.4, 0.5) is 0 Å². The van der Waals surface area contributed by atoms with Crippen molar-refractivity contribution in [3.8, 4) is 5.75 Å². The molecule has 0 saturated heterocycles. The van der Waals surface area contributed by atoms with Crippen molar-refractivity contribution in [3.63, 3.8) is 0 Å². The lowest BCUT2D eigenvalue weighted by molar-refractivity contribution is -0.133. The summed E-state index contributed by atoms with van der Waals surface area (Å²) < 4.78 is 6.37. The van der Waals surface area contributed by atoms with Crippen LogP contribution in [0.5, 0.6) is 5.75 Å². The van der Waals surface area contributed by atoms with Gasteiger partial charge in [-0.1, -0.05) is 15.9 Å². The highest BCUT2D eigenvalue weighted by atomic mass is 79.9. The molecule has 0 aliphatic rings. The van der Waals surface area contributed by atoms with E-state index < -0.39 is 0 Å². The number of amides is 1. The van der Waals surface area contributed by atoms with E-state index in [-0.39, 0.29) is 12.3 Å². The van der Waals surface area contributed by atoms with Crippen LogP contribution in [-0.4, -0.2) is 19.1 Å². The quantitative estimate of drug-likeness (QED) is 0.817. The van der Waals surface area contributed by atoms with Gasteiger partial charge in [0.1, 0.15) is 5.75 Å². The molecule has 1 aromatic rings. The molecule has 0 bridgehead atoms. The average molecular weight is 288 g/mol. The van der Waals surface area contributed by atoms with Gasteiger partial charge in [0.25, 0.3) is 0 Å². The van der Waals surface area contributed by atoms with Crippen molar-refractivity contribution in [2.75, 3.05) is 13.2 Å². The zero-order valence-electron chi connectivity index (χ0n) is 9.03. The Bertz CT molecular complexity index is 327. The summed E-state index contributed by atoms with van der Waals surface area (Å²) in [5.74, 6) is 0.561. The minimum absolute atomic E-state index is 0.182. The average Bonchev–Trinajstić information content (AvgIpc) is 2.29. The predicted octanol–water partition coefficient (Wildman–Crippen LogP) is 2.29. The Morgan fingerprint density at radius 3 is 2.69 bits per heavy atom. The summed E-state index contributed by atoms with van der Waals surface area (Å²) in [7, 11) is 0. The summed E-state index contributed by atoms with van der Waals surface area (Å²) in [6.45, 7) is 2.60. The molecule has 4 nitrogen and oxygen atoms in total. The lowest BCUT2D eigenvalue weighted by atomic mass is 10.3. The van der Waals surface area contributed by atoms with Crippen LogP contribution < -0.4 is 10.2 Å². The molecule has 88 valence electrons. The standard InChI is InChI=1S/C11H14BrNO3/c1-2-16-13-11(14)7-8-15-10-5-3-9(12)4-6-10/h3-6H,2,7-8H2,1H3,(H,13,14). The second-order valence-electron chi connectivity index (χ2n) is 3.01. The minimum atomic E-state index is -0.182. The fraction of sp³-hybridized carbons (Fsp3) is 0.364. The first kappa shape index (κ1) is 13.0. The van der Waals surface area contributed by atoms with Gasteiger partial charge < -0.3 is 4.74 Å². The van der Waals surface area contributed by atoms with Gasteiger partial charge >= 0.3 is 0 Å². The summed E-state index contributed by atoms with van der Waals surface area (Å²) in [6, 6.07) is 7.44. The van der Waals surface area contributed by atoms with Gasteiger partial charge in [0.2, 0.25) is 5.91 Å². The maximum Gasteiger partial charge on any atom is 0.246 e. The molecule has 0 unspecified atom stereocenters. The maximum absolute atomic E-state index is 11.1. The summed E-state index contributed by atoms with van der Waals surface area (Å²) >= 11 is 3.33. The number of nitrogens with one attached hydrogen (secondary N) is 1. The minimum Gasteiger partial charge on any atom is -0.493 e. The van der Waals surface area contributed by atoms with Crippen molar-refractivity contribution in [3.05, 3.63) is 28.7 Å². The molecule has 1 aromatic carbocycles. The monoisotopic (exact) mass is 287 g/mol. The van der Waals surface area contributed by atoms with Crippen LogP contribution in [0, 0.1) is 0 Å². The Balaban J connectivity index is 2.20. The van der Waals surface area contributed by atoms with Crippen LogP contribution in [0.2, 0.25) is 0 Å². The number of rotatable bonds is 6. The molecule has 0 aliphatic heterocycles. The molecule has 0 spiro atoms. The third-order valence-corrected chi connectivity index (χ3v) is 2.27. The first-order valence-corrected chi connectivity index (χ1v) is 5.80. The number of hydrogen-bond acceptors (Lipinski definition) is 3. The first-order valence-electron chi connectivity index (χ1n) is 5.01. The Labute approximate surface area is 103 Å². The SMILES string of the molecule is CCONC(=O)CCOc1ccc(Br)cc1. The fourth-order valence-electron chi connectivity index (χ4n) is 0.996. The molecule has 1 N–H and O–H groups in total. The Morgan fingerprint density at radius 2 is 2.06 bits per heavy atom. The van der Waals surface area contributed by atoms with Gasteiger partial charge in [-0.05, 0) is 31.2 Å². The van der Waals surface area contributed by atoms with E-state index in [1.807, 2.05) is 24.3 Å². The number of halogens is 1.